The van der Waals surface area contributed by atoms with E-state index in [4.69, 9.17) is 23.2 Å². The zero-order chi connectivity index (χ0) is 10.9. The molecule has 76 valence electrons. The fourth-order valence-electron chi connectivity index (χ4n) is 0.843. The lowest BCUT2D eigenvalue weighted by atomic mass is 10.1. The lowest BCUT2D eigenvalue weighted by molar-refractivity contribution is 0.106. The van der Waals surface area contributed by atoms with Gasteiger partial charge in [-0.1, -0.05) is 11.6 Å². The van der Waals surface area contributed by atoms with Crippen LogP contribution in [-0.2, 0) is 0 Å². The van der Waals surface area contributed by atoms with Gasteiger partial charge in [0.15, 0.2) is 0 Å². The van der Waals surface area contributed by atoms with E-state index in [9.17, 15) is 13.6 Å². The van der Waals surface area contributed by atoms with Gasteiger partial charge in [-0.05, 0) is 34.2 Å². The molecule has 0 aliphatic rings. The van der Waals surface area contributed by atoms with E-state index in [1.54, 1.807) is 22.6 Å². The van der Waals surface area contributed by atoms with Crippen LogP contribution in [0.3, 0.4) is 0 Å². The number of hydrogen-bond donors (Lipinski definition) is 0. The molecule has 0 unspecified atom stereocenters. The molecule has 0 N–H and O–H groups in total. The summed E-state index contributed by atoms with van der Waals surface area (Å²) < 4.78 is 24.9. The smallest absolute Gasteiger partial charge is 0.266 e. The Bertz CT molecular complexity index is 386. The molecule has 0 atom stereocenters. The molecule has 0 amide bonds. The van der Waals surface area contributed by atoms with Gasteiger partial charge in [0.1, 0.15) is 5.15 Å². The van der Waals surface area contributed by atoms with Gasteiger partial charge in [-0.25, -0.2) is 13.8 Å². The molecular weight excluding hydrogens is 350 g/mol. The van der Waals surface area contributed by atoms with Crippen molar-refractivity contribution >= 4 is 51.0 Å². The average molecular weight is 352 g/mol. The molecule has 0 radical (unpaired) electrons. The molecule has 1 rings (SSSR count). The minimum atomic E-state index is -2.80. The van der Waals surface area contributed by atoms with E-state index in [0.29, 0.717) is 0 Å². The molecule has 0 aromatic carbocycles. The van der Waals surface area contributed by atoms with Crippen LogP contribution >= 0.6 is 45.8 Å². The molecule has 1 aromatic heterocycles. The van der Waals surface area contributed by atoms with Crippen molar-refractivity contribution in [2.75, 3.05) is 0 Å². The Balaban J connectivity index is 3.45. The molecule has 1 heterocycles. The predicted molar refractivity (Wildman–Crippen MR) is 57.1 cm³/mol. The highest BCUT2D eigenvalue weighted by atomic mass is 127. The average Bonchev–Trinajstić information content (AvgIpc) is 2.08. The molecule has 0 spiro atoms. The van der Waals surface area contributed by atoms with Gasteiger partial charge in [-0.2, -0.15) is 0 Å². The Morgan fingerprint density at radius 2 is 2.14 bits per heavy atom. The zero-order valence-electron chi connectivity index (χ0n) is 6.40. The van der Waals surface area contributed by atoms with Crippen LogP contribution in [0.15, 0.2) is 6.20 Å². The lowest BCUT2D eigenvalue weighted by Gasteiger charge is -2.07. The van der Waals surface area contributed by atoms with Gasteiger partial charge in [0.25, 0.3) is 11.7 Å². The fraction of sp³-hybridized carbons (Fsp3) is 0.143. The summed E-state index contributed by atoms with van der Waals surface area (Å²) in [4.78, 5) is 14.4. The van der Waals surface area contributed by atoms with Crippen LogP contribution in [0.1, 0.15) is 22.3 Å². The quantitative estimate of drug-likeness (QED) is 0.462. The summed E-state index contributed by atoms with van der Waals surface area (Å²) in [5, 5.41) is -0.979. The van der Waals surface area contributed by atoms with E-state index in [1.165, 1.54) is 0 Å². The van der Waals surface area contributed by atoms with E-state index in [0.717, 1.165) is 6.20 Å². The standard InChI is InChI=1S/C7H2Cl2F2INO/c8-5-4(12)3(6(9)14)2(1-13-5)7(10)11/h1,7H. The first-order valence-electron chi connectivity index (χ1n) is 3.27. The molecule has 0 bridgehead atoms. The summed E-state index contributed by atoms with van der Waals surface area (Å²) in [5.74, 6) is 0. The largest absolute Gasteiger partial charge is 0.276 e. The Labute approximate surface area is 102 Å². The van der Waals surface area contributed by atoms with Crippen LogP contribution in [0.2, 0.25) is 5.15 Å². The van der Waals surface area contributed by atoms with Crippen LogP contribution < -0.4 is 0 Å². The Morgan fingerprint density at radius 1 is 1.57 bits per heavy atom. The van der Waals surface area contributed by atoms with Gasteiger partial charge in [-0.3, -0.25) is 4.79 Å². The van der Waals surface area contributed by atoms with Crippen molar-refractivity contribution in [1.29, 1.82) is 0 Å². The number of carbonyl (C=O) groups is 1. The number of hydrogen-bond acceptors (Lipinski definition) is 2. The number of halogens is 5. The van der Waals surface area contributed by atoms with Crippen molar-refractivity contribution in [3.63, 3.8) is 0 Å². The van der Waals surface area contributed by atoms with Crippen molar-refractivity contribution in [1.82, 2.24) is 4.98 Å². The minimum absolute atomic E-state index is 0.0148. The highest BCUT2D eigenvalue weighted by Crippen LogP contribution is 2.30. The topological polar surface area (TPSA) is 30.0 Å². The van der Waals surface area contributed by atoms with Crippen LogP contribution in [0.4, 0.5) is 8.78 Å². The van der Waals surface area contributed by atoms with Crippen molar-refractivity contribution in [2.24, 2.45) is 0 Å². The second-order valence-electron chi connectivity index (χ2n) is 2.27. The molecule has 7 heteroatoms. The SMILES string of the molecule is O=C(Cl)c1c(C(F)F)cnc(Cl)c1I. The molecule has 0 saturated carbocycles. The fourth-order valence-corrected chi connectivity index (χ4v) is 2.04. The third kappa shape index (κ3) is 2.32. The van der Waals surface area contributed by atoms with Gasteiger partial charge in [0.05, 0.1) is 9.13 Å². The highest BCUT2D eigenvalue weighted by Gasteiger charge is 2.22. The number of nitrogens with zero attached hydrogens (tertiary/aromatic N) is 1. The van der Waals surface area contributed by atoms with Gasteiger partial charge >= 0.3 is 0 Å². The maximum Gasteiger partial charge on any atom is 0.266 e. The van der Waals surface area contributed by atoms with E-state index < -0.39 is 17.2 Å². The Hall–Kier alpha value is -0.0100. The number of alkyl halides is 2. The highest BCUT2D eigenvalue weighted by molar-refractivity contribution is 14.1. The molecule has 2 nitrogen and oxygen atoms in total. The summed E-state index contributed by atoms with van der Waals surface area (Å²) in [6, 6.07) is 0. The molecule has 0 aliphatic carbocycles. The second kappa shape index (κ2) is 4.67. The minimum Gasteiger partial charge on any atom is -0.276 e. The lowest BCUT2D eigenvalue weighted by Crippen LogP contribution is -2.03. The first-order valence-corrected chi connectivity index (χ1v) is 5.10. The first kappa shape index (κ1) is 12.1. The molecule has 0 aliphatic heterocycles. The summed E-state index contributed by atoms with van der Waals surface area (Å²) in [7, 11) is 0. The molecule has 0 saturated heterocycles. The van der Waals surface area contributed by atoms with E-state index in [1.807, 2.05) is 0 Å². The molecule has 1 aromatic rings. The van der Waals surface area contributed by atoms with E-state index >= 15 is 0 Å². The summed E-state index contributed by atoms with van der Waals surface area (Å²) in [6.45, 7) is 0. The number of rotatable bonds is 2. The summed E-state index contributed by atoms with van der Waals surface area (Å²) >= 11 is 12.4. The van der Waals surface area contributed by atoms with Crippen molar-refractivity contribution in [3.05, 3.63) is 26.0 Å². The van der Waals surface area contributed by atoms with Crippen LogP contribution in [0.25, 0.3) is 0 Å². The molecule has 14 heavy (non-hydrogen) atoms. The second-order valence-corrected chi connectivity index (χ2v) is 4.05. The molecular formula is C7H2Cl2F2INO. The van der Waals surface area contributed by atoms with Crippen molar-refractivity contribution in [3.8, 4) is 0 Å². The predicted octanol–water partition coefficient (Wildman–Crippen LogP) is 3.66. The van der Waals surface area contributed by atoms with Crippen molar-refractivity contribution < 1.29 is 13.6 Å². The number of pyridine rings is 1. The van der Waals surface area contributed by atoms with Gasteiger partial charge < -0.3 is 0 Å². The number of carbonyl (C=O) groups excluding carboxylic acids is 1. The maximum atomic E-state index is 12.4. The van der Waals surface area contributed by atoms with Crippen LogP contribution in [0.5, 0.6) is 0 Å². The van der Waals surface area contributed by atoms with Crippen LogP contribution in [-0.4, -0.2) is 10.2 Å². The van der Waals surface area contributed by atoms with Gasteiger partial charge in [0, 0.05) is 11.8 Å². The third-order valence-electron chi connectivity index (χ3n) is 1.44. The maximum absolute atomic E-state index is 12.4. The zero-order valence-corrected chi connectivity index (χ0v) is 10.1. The Kier molecular flexibility index (Phi) is 4.03. The van der Waals surface area contributed by atoms with E-state index in [-0.39, 0.29) is 14.3 Å². The third-order valence-corrected chi connectivity index (χ3v) is 3.28. The van der Waals surface area contributed by atoms with Crippen LogP contribution in [0, 0.1) is 3.57 Å². The number of aromatic nitrogens is 1. The molecule has 0 fully saturated rings. The van der Waals surface area contributed by atoms with Crippen molar-refractivity contribution in [2.45, 2.75) is 6.43 Å². The first-order chi connectivity index (χ1) is 6.45. The monoisotopic (exact) mass is 351 g/mol. The summed E-state index contributed by atoms with van der Waals surface area (Å²) in [5.41, 5.74) is -0.777. The Morgan fingerprint density at radius 3 is 2.57 bits per heavy atom. The van der Waals surface area contributed by atoms with Gasteiger partial charge in [-0.15, -0.1) is 0 Å². The van der Waals surface area contributed by atoms with Gasteiger partial charge in [0.2, 0.25) is 0 Å². The normalized spacial score (nSPS) is 10.7. The summed E-state index contributed by atoms with van der Waals surface area (Å²) in [6.07, 6.45) is -1.95. The van der Waals surface area contributed by atoms with E-state index in [2.05, 4.69) is 4.98 Å².